The third kappa shape index (κ3) is 4.39. The maximum atomic E-state index is 12.5. The molecule has 0 aromatic carbocycles. The van der Waals surface area contributed by atoms with Gasteiger partial charge in [0.15, 0.2) is 0 Å². The van der Waals surface area contributed by atoms with E-state index in [9.17, 15) is 14.4 Å². The lowest BCUT2D eigenvalue weighted by Crippen LogP contribution is -2.40. The molecule has 2 aliphatic rings. The first-order chi connectivity index (χ1) is 12.0. The van der Waals surface area contributed by atoms with Crippen molar-refractivity contribution in [2.45, 2.75) is 51.6 Å². The van der Waals surface area contributed by atoms with E-state index in [0.717, 1.165) is 19.3 Å². The number of carboxylic acids is 1. The van der Waals surface area contributed by atoms with Crippen molar-refractivity contribution in [3.8, 4) is 0 Å². The van der Waals surface area contributed by atoms with Gasteiger partial charge in [0.2, 0.25) is 11.8 Å². The third-order valence-electron chi connectivity index (χ3n) is 4.91. The molecule has 1 N–H and O–H groups in total. The van der Waals surface area contributed by atoms with Gasteiger partial charge in [-0.1, -0.05) is 6.92 Å². The molecule has 0 unspecified atom stereocenters. The summed E-state index contributed by atoms with van der Waals surface area (Å²) in [6.07, 6.45) is 3.10. The van der Waals surface area contributed by atoms with Crippen LogP contribution in [-0.4, -0.2) is 51.8 Å². The van der Waals surface area contributed by atoms with Crippen LogP contribution in [0, 0.1) is 5.92 Å². The smallest absolute Gasteiger partial charge is 0.308 e. The summed E-state index contributed by atoms with van der Waals surface area (Å²) in [6, 6.07) is 2.22. The number of carbonyl (C=O) groups excluding carboxylic acids is 2. The van der Waals surface area contributed by atoms with Crippen LogP contribution >= 0.6 is 11.3 Å². The number of carbonyl (C=O) groups is 3. The molecule has 1 aromatic rings. The highest BCUT2D eigenvalue weighted by Crippen LogP contribution is 2.29. The molecule has 0 spiro atoms. The van der Waals surface area contributed by atoms with Crippen molar-refractivity contribution in [1.82, 2.24) is 9.80 Å². The SMILES string of the molecule is C[C@H](CN(C(=O)CCC(=O)N1CCc2sccc2C1)C1CC1)C(=O)O. The van der Waals surface area contributed by atoms with Gasteiger partial charge >= 0.3 is 5.97 Å². The second-order valence-electron chi connectivity index (χ2n) is 6.95. The normalized spacial score (nSPS) is 17.7. The van der Waals surface area contributed by atoms with Crippen LogP contribution in [0.4, 0.5) is 0 Å². The Morgan fingerprint density at radius 1 is 1.36 bits per heavy atom. The van der Waals surface area contributed by atoms with Crippen LogP contribution < -0.4 is 0 Å². The Morgan fingerprint density at radius 3 is 2.80 bits per heavy atom. The molecule has 2 heterocycles. The Labute approximate surface area is 151 Å². The van der Waals surface area contributed by atoms with E-state index < -0.39 is 11.9 Å². The molecular formula is C18H24N2O4S. The van der Waals surface area contributed by atoms with E-state index in [4.69, 9.17) is 5.11 Å². The second-order valence-corrected chi connectivity index (χ2v) is 7.95. The minimum absolute atomic E-state index is 0.00669. The molecule has 7 heteroatoms. The predicted octanol–water partition coefficient (Wildman–Crippen LogP) is 2.12. The number of amides is 2. The maximum Gasteiger partial charge on any atom is 0.308 e. The summed E-state index contributed by atoms with van der Waals surface area (Å²) in [4.78, 5) is 40.8. The van der Waals surface area contributed by atoms with Gasteiger partial charge < -0.3 is 14.9 Å². The third-order valence-corrected chi connectivity index (χ3v) is 5.94. The molecular weight excluding hydrogens is 340 g/mol. The highest BCUT2D eigenvalue weighted by molar-refractivity contribution is 7.10. The van der Waals surface area contributed by atoms with E-state index in [1.807, 2.05) is 4.90 Å². The number of aliphatic carboxylic acids is 1. The average molecular weight is 364 g/mol. The number of rotatable bonds is 7. The molecule has 1 atom stereocenters. The lowest BCUT2D eigenvalue weighted by molar-refractivity contribution is -0.144. The summed E-state index contributed by atoms with van der Waals surface area (Å²) in [5.41, 5.74) is 1.21. The van der Waals surface area contributed by atoms with Crippen LogP contribution in [-0.2, 0) is 27.3 Å². The van der Waals surface area contributed by atoms with Crippen molar-refractivity contribution in [3.63, 3.8) is 0 Å². The first-order valence-electron chi connectivity index (χ1n) is 8.81. The van der Waals surface area contributed by atoms with E-state index in [1.54, 1.807) is 23.2 Å². The number of carboxylic acid groups (broad SMARTS) is 1. The second kappa shape index (κ2) is 7.56. The van der Waals surface area contributed by atoms with Gasteiger partial charge in [0.25, 0.3) is 0 Å². The molecule has 1 aliphatic carbocycles. The van der Waals surface area contributed by atoms with Crippen LogP contribution in [0.15, 0.2) is 11.4 Å². The van der Waals surface area contributed by atoms with Gasteiger partial charge in [-0.3, -0.25) is 14.4 Å². The summed E-state index contributed by atoms with van der Waals surface area (Å²) < 4.78 is 0. The van der Waals surface area contributed by atoms with Crippen molar-refractivity contribution in [1.29, 1.82) is 0 Å². The van der Waals surface area contributed by atoms with Gasteiger partial charge in [-0.05, 0) is 36.3 Å². The van der Waals surface area contributed by atoms with Crippen LogP contribution in [0.25, 0.3) is 0 Å². The Hall–Kier alpha value is -1.89. The Balaban J connectivity index is 1.50. The minimum atomic E-state index is -0.894. The number of hydrogen-bond acceptors (Lipinski definition) is 4. The molecule has 3 rings (SSSR count). The summed E-state index contributed by atoms with van der Waals surface area (Å²) in [5.74, 6) is -1.57. The van der Waals surface area contributed by atoms with E-state index in [-0.39, 0.29) is 37.2 Å². The van der Waals surface area contributed by atoms with E-state index >= 15 is 0 Å². The van der Waals surface area contributed by atoms with Crippen molar-refractivity contribution in [2.24, 2.45) is 5.92 Å². The first kappa shape index (κ1) is 17.9. The van der Waals surface area contributed by atoms with Crippen molar-refractivity contribution in [2.75, 3.05) is 13.1 Å². The summed E-state index contributed by atoms with van der Waals surface area (Å²) in [6.45, 7) is 3.19. The van der Waals surface area contributed by atoms with E-state index in [2.05, 4.69) is 11.4 Å². The lowest BCUT2D eigenvalue weighted by atomic mass is 10.1. The van der Waals surface area contributed by atoms with E-state index in [1.165, 1.54) is 10.4 Å². The fourth-order valence-corrected chi connectivity index (χ4v) is 4.08. The summed E-state index contributed by atoms with van der Waals surface area (Å²) >= 11 is 1.73. The highest BCUT2D eigenvalue weighted by atomic mass is 32.1. The summed E-state index contributed by atoms with van der Waals surface area (Å²) in [7, 11) is 0. The van der Waals surface area contributed by atoms with E-state index in [0.29, 0.717) is 13.1 Å². The highest BCUT2D eigenvalue weighted by Gasteiger charge is 2.34. The molecule has 0 radical (unpaired) electrons. The van der Waals surface area contributed by atoms with Crippen molar-refractivity contribution < 1.29 is 19.5 Å². The van der Waals surface area contributed by atoms with Gasteiger partial charge in [0.1, 0.15) is 0 Å². The minimum Gasteiger partial charge on any atom is -0.481 e. The summed E-state index contributed by atoms with van der Waals surface area (Å²) in [5, 5.41) is 11.1. The fourth-order valence-electron chi connectivity index (χ4n) is 3.19. The largest absolute Gasteiger partial charge is 0.481 e. The zero-order valence-corrected chi connectivity index (χ0v) is 15.3. The molecule has 1 fully saturated rings. The quantitative estimate of drug-likeness (QED) is 0.804. The topological polar surface area (TPSA) is 77.9 Å². The van der Waals surface area contributed by atoms with Crippen LogP contribution in [0.3, 0.4) is 0 Å². The van der Waals surface area contributed by atoms with Crippen molar-refractivity contribution in [3.05, 3.63) is 21.9 Å². The number of hydrogen-bond donors (Lipinski definition) is 1. The average Bonchev–Trinajstić information content (AvgIpc) is 3.32. The van der Waals surface area contributed by atoms with Crippen LogP contribution in [0.1, 0.15) is 43.0 Å². The molecule has 6 nitrogen and oxygen atoms in total. The molecule has 1 aromatic heterocycles. The molecule has 0 saturated heterocycles. The first-order valence-corrected chi connectivity index (χ1v) is 9.69. The number of fused-ring (bicyclic) bond motifs is 1. The Kier molecular flexibility index (Phi) is 5.42. The standard InChI is InChI=1S/C18H24N2O4S/c1-12(18(23)24)10-20(14-2-3-14)17(22)5-4-16(21)19-8-6-15-13(11-19)7-9-25-15/h7,9,12,14H,2-6,8,10-11H2,1H3,(H,23,24)/t12-/m1/s1. The molecule has 0 bridgehead atoms. The number of nitrogens with zero attached hydrogens (tertiary/aromatic N) is 2. The molecule has 25 heavy (non-hydrogen) atoms. The zero-order chi connectivity index (χ0) is 18.0. The zero-order valence-electron chi connectivity index (χ0n) is 14.4. The maximum absolute atomic E-state index is 12.5. The Morgan fingerprint density at radius 2 is 2.12 bits per heavy atom. The van der Waals surface area contributed by atoms with Crippen LogP contribution in [0.5, 0.6) is 0 Å². The number of thiophene rings is 1. The monoisotopic (exact) mass is 364 g/mol. The van der Waals surface area contributed by atoms with Gasteiger partial charge in [-0.25, -0.2) is 0 Å². The predicted molar refractivity (Wildman–Crippen MR) is 94.2 cm³/mol. The van der Waals surface area contributed by atoms with Gasteiger partial charge in [-0.15, -0.1) is 11.3 Å². The fraction of sp³-hybridized carbons (Fsp3) is 0.611. The Bertz CT molecular complexity index is 668. The lowest BCUT2D eigenvalue weighted by Gasteiger charge is -2.28. The molecule has 1 saturated carbocycles. The molecule has 1 aliphatic heterocycles. The van der Waals surface area contributed by atoms with Gasteiger partial charge in [-0.2, -0.15) is 0 Å². The van der Waals surface area contributed by atoms with Crippen LogP contribution in [0.2, 0.25) is 0 Å². The molecule has 2 amide bonds. The van der Waals surface area contributed by atoms with Gasteiger partial charge in [0.05, 0.1) is 5.92 Å². The van der Waals surface area contributed by atoms with Crippen molar-refractivity contribution >= 4 is 29.1 Å². The molecule has 136 valence electrons. The van der Waals surface area contributed by atoms with Gasteiger partial charge in [0, 0.05) is 43.4 Å².